The maximum absolute atomic E-state index is 12.6. The van der Waals surface area contributed by atoms with E-state index in [-0.39, 0.29) is 23.1 Å². The van der Waals surface area contributed by atoms with Crippen LogP contribution >= 0.6 is 11.8 Å². The molecular weight excluding hydrogens is 374 g/mol. The van der Waals surface area contributed by atoms with Crippen LogP contribution in [0.25, 0.3) is 6.08 Å². The molecule has 2 aromatic rings. The molecule has 1 aromatic carbocycles. The van der Waals surface area contributed by atoms with Gasteiger partial charge in [0.15, 0.2) is 0 Å². The van der Waals surface area contributed by atoms with Crippen LogP contribution in [-0.2, 0) is 4.79 Å². The third kappa shape index (κ3) is 3.66. The summed E-state index contributed by atoms with van der Waals surface area (Å²) in [4.78, 5) is 38.7. The Balaban J connectivity index is 1.87. The number of thioether (sulfide) groups is 1. The van der Waals surface area contributed by atoms with Crippen molar-refractivity contribution in [3.05, 3.63) is 76.5 Å². The van der Waals surface area contributed by atoms with Crippen molar-refractivity contribution in [3.63, 3.8) is 0 Å². The highest BCUT2D eigenvalue weighted by Crippen LogP contribution is 2.34. The number of nitrogens with one attached hydrogen (secondary N) is 1. The summed E-state index contributed by atoms with van der Waals surface area (Å²) in [6.07, 6.45) is 3.25. The molecule has 28 heavy (non-hydrogen) atoms. The van der Waals surface area contributed by atoms with Gasteiger partial charge < -0.3 is 0 Å². The molecule has 1 aliphatic rings. The van der Waals surface area contributed by atoms with Crippen LogP contribution in [0.4, 0.5) is 4.79 Å². The Hall–Kier alpha value is -3.06. The third-order valence-electron chi connectivity index (χ3n) is 4.58. The zero-order valence-electron chi connectivity index (χ0n) is 15.9. The van der Waals surface area contributed by atoms with Crippen LogP contribution in [0.15, 0.2) is 54.0 Å². The van der Waals surface area contributed by atoms with Gasteiger partial charge in [0.25, 0.3) is 17.1 Å². The van der Waals surface area contributed by atoms with Crippen molar-refractivity contribution in [1.29, 1.82) is 0 Å². The molecule has 3 rings (SSSR count). The number of amides is 3. The first kappa shape index (κ1) is 19.7. The fraction of sp³-hybridized carbons (Fsp3) is 0.190. The quantitative estimate of drug-likeness (QED) is 0.611. The minimum atomic E-state index is -0.365. The Morgan fingerprint density at radius 2 is 1.89 bits per heavy atom. The van der Waals surface area contributed by atoms with Gasteiger partial charge in [0.1, 0.15) is 0 Å². The molecule has 7 heteroatoms. The Bertz CT molecular complexity index is 992. The summed E-state index contributed by atoms with van der Waals surface area (Å²) in [6, 6.07) is 10.4. The van der Waals surface area contributed by atoms with Gasteiger partial charge in [0.2, 0.25) is 0 Å². The zero-order chi connectivity index (χ0) is 20.4. The Morgan fingerprint density at radius 1 is 1.21 bits per heavy atom. The molecule has 1 aliphatic heterocycles. The molecule has 2 heterocycles. The number of imide groups is 1. The van der Waals surface area contributed by atoms with Gasteiger partial charge in [0, 0.05) is 17.0 Å². The van der Waals surface area contributed by atoms with Gasteiger partial charge in [-0.2, -0.15) is 0 Å². The summed E-state index contributed by atoms with van der Waals surface area (Å²) in [5, 5.41) is -0.310. The smallest absolute Gasteiger partial charge is 0.268 e. The average molecular weight is 395 g/mol. The van der Waals surface area contributed by atoms with Crippen molar-refractivity contribution in [1.82, 2.24) is 9.58 Å². The molecule has 0 unspecified atom stereocenters. The van der Waals surface area contributed by atoms with Gasteiger partial charge in [-0.3, -0.25) is 29.4 Å². The predicted octanol–water partition coefficient (Wildman–Crippen LogP) is 4.10. The minimum absolute atomic E-state index is 0.228. The third-order valence-corrected chi connectivity index (χ3v) is 5.46. The zero-order valence-corrected chi connectivity index (χ0v) is 16.7. The number of aromatic nitrogens is 1. The second-order valence-corrected chi connectivity index (χ2v) is 7.49. The highest BCUT2D eigenvalue weighted by atomic mass is 32.2. The second-order valence-electron chi connectivity index (χ2n) is 6.50. The van der Waals surface area contributed by atoms with Gasteiger partial charge in [-0.1, -0.05) is 24.3 Å². The van der Waals surface area contributed by atoms with E-state index in [9.17, 15) is 14.4 Å². The van der Waals surface area contributed by atoms with Crippen molar-refractivity contribution >= 4 is 34.9 Å². The molecule has 0 aliphatic carbocycles. The molecule has 0 saturated carbocycles. The lowest BCUT2D eigenvalue weighted by atomic mass is 10.2. The van der Waals surface area contributed by atoms with Crippen molar-refractivity contribution in [2.24, 2.45) is 0 Å². The predicted molar refractivity (Wildman–Crippen MR) is 112 cm³/mol. The molecular formula is C21H21N3O3S. The molecule has 1 saturated heterocycles. The highest BCUT2D eigenvalue weighted by Gasteiger charge is 2.37. The summed E-state index contributed by atoms with van der Waals surface area (Å²) in [5.74, 6) is -0.561. The number of hydrogen-bond acceptors (Lipinski definition) is 4. The lowest BCUT2D eigenvalue weighted by Gasteiger charge is -2.17. The summed E-state index contributed by atoms with van der Waals surface area (Å²) >= 11 is 0.909. The van der Waals surface area contributed by atoms with Crippen LogP contribution < -0.4 is 5.43 Å². The Kier molecular flexibility index (Phi) is 5.56. The van der Waals surface area contributed by atoms with Crippen molar-refractivity contribution < 1.29 is 14.4 Å². The molecule has 0 radical (unpaired) electrons. The van der Waals surface area contributed by atoms with Crippen molar-refractivity contribution in [2.45, 2.75) is 26.8 Å². The standard InChI is InChI=1S/C21H21N3O3S/c1-5-13(2)23-20(26)18(28-21(23)27)12-17-11-14(3)24(15(17)4)22-19(25)16-9-7-6-8-10-16/h5-13H,1H2,2-4H3,(H,22,25)/b18-12-/t13-/m0/s1. The number of carbonyl (C=O) groups is 3. The van der Waals surface area contributed by atoms with E-state index in [0.29, 0.717) is 10.5 Å². The van der Waals surface area contributed by atoms with Crippen LogP contribution in [0.2, 0.25) is 0 Å². The van der Waals surface area contributed by atoms with E-state index in [1.165, 1.54) is 4.90 Å². The van der Waals surface area contributed by atoms with Gasteiger partial charge in [-0.05, 0) is 62.4 Å². The first-order valence-electron chi connectivity index (χ1n) is 8.78. The summed E-state index contributed by atoms with van der Waals surface area (Å²) < 4.78 is 1.68. The lowest BCUT2D eigenvalue weighted by Crippen LogP contribution is -2.35. The minimum Gasteiger partial charge on any atom is -0.268 e. The van der Waals surface area contributed by atoms with E-state index in [1.807, 2.05) is 26.0 Å². The monoisotopic (exact) mass is 395 g/mol. The van der Waals surface area contributed by atoms with Gasteiger partial charge >= 0.3 is 0 Å². The first-order chi connectivity index (χ1) is 13.3. The molecule has 1 N–H and O–H groups in total. The van der Waals surface area contributed by atoms with Crippen LogP contribution in [0, 0.1) is 13.8 Å². The highest BCUT2D eigenvalue weighted by molar-refractivity contribution is 8.18. The number of nitrogens with zero attached hydrogens (tertiary/aromatic N) is 2. The number of aryl methyl sites for hydroxylation is 1. The van der Waals surface area contributed by atoms with E-state index < -0.39 is 0 Å². The fourth-order valence-corrected chi connectivity index (χ4v) is 3.85. The van der Waals surface area contributed by atoms with E-state index in [0.717, 1.165) is 28.7 Å². The van der Waals surface area contributed by atoms with E-state index in [4.69, 9.17) is 0 Å². The van der Waals surface area contributed by atoms with E-state index in [2.05, 4.69) is 12.0 Å². The molecule has 1 aromatic heterocycles. The largest absolute Gasteiger partial charge is 0.294 e. The van der Waals surface area contributed by atoms with Crippen molar-refractivity contribution in [3.8, 4) is 0 Å². The average Bonchev–Trinajstić information content (AvgIpc) is 3.11. The number of carbonyl (C=O) groups excluding carboxylic acids is 3. The van der Waals surface area contributed by atoms with E-state index in [1.54, 1.807) is 48.0 Å². The fourth-order valence-electron chi connectivity index (χ4n) is 2.94. The molecule has 1 atom stereocenters. The molecule has 1 fully saturated rings. The Labute approximate surface area is 167 Å². The maximum atomic E-state index is 12.6. The molecule has 3 amide bonds. The van der Waals surface area contributed by atoms with Crippen molar-refractivity contribution in [2.75, 3.05) is 5.43 Å². The van der Waals surface area contributed by atoms with Crippen LogP contribution in [-0.4, -0.2) is 32.7 Å². The topological polar surface area (TPSA) is 71.4 Å². The van der Waals surface area contributed by atoms with Crippen LogP contribution in [0.5, 0.6) is 0 Å². The van der Waals surface area contributed by atoms with Gasteiger partial charge in [0.05, 0.1) is 10.9 Å². The molecule has 144 valence electrons. The van der Waals surface area contributed by atoms with Gasteiger partial charge in [-0.25, -0.2) is 0 Å². The van der Waals surface area contributed by atoms with Crippen LogP contribution in [0.1, 0.15) is 34.2 Å². The maximum Gasteiger partial charge on any atom is 0.294 e. The summed E-state index contributed by atoms with van der Waals surface area (Å²) in [7, 11) is 0. The summed E-state index contributed by atoms with van der Waals surface area (Å²) in [6.45, 7) is 9.10. The number of benzene rings is 1. The van der Waals surface area contributed by atoms with E-state index >= 15 is 0 Å². The van der Waals surface area contributed by atoms with Crippen LogP contribution in [0.3, 0.4) is 0 Å². The molecule has 0 spiro atoms. The normalized spacial score (nSPS) is 16.5. The Morgan fingerprint density at radius 3 is 2.54 bits per heavy atom. The first-order valence-corrected chi connectivity index (χ1v) is 9.60. The van der Waals surface area contributed by atoms with Gasteiger partial charge in [-0.15, -0.1) is 6.58 Å². The molecule has 6 nitrogen and oxygen atoms in total. The number of rotatable bonds is 5. The summed E-state index contributed by atoms with van der Waals surface area (Å²) in [5.41, 5.74) is 5.76. The number of hydrogen-bond donors (Lipinski definition) is 1. The molecule has 0 bridgehead atoms. The SMILES string of the molecule is C=C[C@H](C)N1C(=O)S/C(=C\c2cc(C)n(NC(=O)c3ccccc3)c2C)C1=O. The lowest BCUT2D eigenvalue weighted by molar-refractivity contribution is -0.123. The second kappa shape index (κ2) is 7.90.